The first-order valence-corrected chi connectivity index (χ1v) is 21.8. The molecular weight excluding hydrogens is 610 g/mol. The van der Waals surface area contributed by atoms with Crippen LogP contribution in [0.2, 0.25) is 0 Å². The molecule has 6 heteroatoms. The summed E-state index contributed by atoms with van der Waals surface area (Å²) in [5, 5.41) is 23.5. The van der Waals surface area contributed by atoms with E-state index >= 15 is 0 Å². The molecule has 3 N–H and O–H groups in total. The second kappa shape index (κ2) is 38.1. The topological polar surface area (TPSA) is 95.9 Å². The number of carbonyl (C=O) groups is 2. The van der Waals surface area contributed by atoms with E-state index in [1.165, 1.54) is 148 Å². The molecule has 0 rings (SSSR count). The molecule has 1 amide bonds. The molecule has 0 heterocycles. The minimum Gasteiger partial charge on any atom is -0.462 e. The van der Waals surface area contributed by atoms with Crippen LogP contribution in [-0.2, 0) is 14.3 Å². The summed E-state index contributed by atoms with van der Waals surface area (Å²) in [6, 6.07) is -0.688. The molecule has 292 valence electrons. The predicted molar refractivity (Wildman–Crippen MR) is 209 cm³/mol. The van der Waals surface area contributed by atoms with Gasteiger partial charge < -0.3 is 20.3 Å². The van der Waals surface area contributed by atoms with E-state index in [9.17, 15) is 19.8 Å². The molecule has 49 heavy (non-hydrogen) atoms. The van der Waals surface area contributed by atoms with Crippen molar-refractivity contribution in [3.05, 3.63) is 0 Å². The molecule has 3 unspecified atom stereocenters. The third kappa shape index (κ3) is 33.7. The van der Waals surface area contributed by atoms with Gasteiger partial charge >= 0.3 is 5.97 Å². The smallest absolute Gasteiger partial charge is 0.306 e. The van der Waals surface area contributed by atoms with Gasteiger partial charge in [-0.15, -0.1) is 0 Å². The number of esters is 1. The summed E-state index contributed by atoms with van der Waals surface area (Å²) in [5.74, 6) is -0.464. The van der Waals surface area contributed by atoms with Gasteiger partial charge in [-0.05, 0) is 25.7 Å². The Morgan fingerprint density at radius 2 is 0.857 bits per heavy atom. The number of rotatable bonds is 39. The van der Waals surface area contributed by atoms with Gasteiger partial charge in [-0.3, -0.25) is 9.59 Å². The normalized spacial score (nSPS) is 13.3. The quantitative estimate of drug-likeness (QED) is 0.0439. The summed E-state index contributed by atoms with van der Waals surface area (Å²) < 4.78 is 5.87. The highest BCUT2D eigenvalue weighted by Crippen LogP contribution is 2.18. The standard InChI is InChI=1S/C43H85NO5/c1-4-7-10-13-16-19-21-24-27-30-33-36-43(48)49-39(34-31-28-25-22-18-15-12-9-6-3)37-42(47)44-40(38-45)41(46)35-32-29-26-23-20-17-14-11-8-5-2/h39-41,45-46H,4-38H2,1-3H3,(H,44,47). The van der Waals surface area contributed by atoms with Gasteiger partial charge in [0.15, 0.2) is 0 Å². The molecule has 0 spiro atoms. The maximum absolute atomic E-state index is 13.0. The predicted octanol–water partition coefficient (Wildman–Crippen LogP) is 12.1. The van der Waals surface area contributed by atoms with Crippen molar-refractivity contribution in [1.29, 1.82) is 0 Å². The molecule has 6 nitrogen and oxygen atoms in total. The molecule has 0 aromatic heterocycles. The van der Waals surface area contributed by atoms with Gasteiger partial charge in [0.05, 0.1) is 25.2 Å². The number of aliphatic hydroxyl groups excluding tert-OH is 2. The number of ether oxygens (including phenoxy) is 1. The summed E-state index contributed by atoms with van der Waals surface area (Å²) >= 11 is 0. The van der Waals surface area contributed by atoms with Gasteiger partial charge in [-0.25, -0.2) is 0 Å². The van der Waals surface area contributed by atoms with Gasteiger partial charge in [0.1, 0.15) is 6.10 Å². The molecule has 0 aliphatic carbocycles. The fourth-order valence-corrected chi connectivity index (χ4v) is 6.84. The lowest BCUT2D eigenvalue weighted by Crippen LogP contribution is -2.46. The first kappa shape index (κ1) is 47.9. The molecule has 0 saturated heterocycles. The highest BCUT2D eigenvalue weighted by molar-refractivity contribution is 5.77. The molecule has 0 aromatic carbocycles. The van der Waals surface area contributed by atoms with E-state index in [1.807, 2.05) is 0 Å². The number of hydrogen-bond acceptors (Lipinski definition) is 5. The van der Waals surface area contributed by atoms with E-state index < -0.39 is 18.2 Å². The zero-order valence-corrected chi connectivity index (χ0v) is 33.1. The number of hydrogen-bond donors (Lipinski definition) is 3. The van der Waals surface area contributed by atoms with Crippen molar-refractivity contribution in [2.75, 3.05) is 6.61 Å². The Bertz CT molecular complexity index is 702. The SMILES string of the molecule is CCCCCCCCCCCCCC(=O)OC(CCCCCCCCCCC)CC(=O)NC(CO)C(O)CCCCCCCCCCCC. The Morgan fingerprint density at radius 1 is 0.510 bits per heavy atom. The van der Waals surface area contributed by atoms with E-state index in [0.717, 1.165) is 44.9 Å². The van der Waals surface area contributed by atoms with Crippen molar-refractivity contribution in [2.24, 2.45) is 0 Å². The average Bonchev–Trinajstić information content (AvgIpc) is 3.09. The van der Waals surface area contributed by atoms with Crippen LogP contribution < -0.4 is 5.32 Å². The summed E-state index contributed by atoms with van der Waals surface area (Å²) in [4.78, 5) is 25.8. The molecule has 0 radical (unpaired) electrons. The highest BCUT2D eigenvalue weighted by Gasteiger charge is 2.24. The van der Waals surface area contributed by atoms with Crippen molar-refractivity contribution < 1.29 is 24.5 Å². The van der Waals surface area contributed by atoms with Crippen molar-refractivity contribution >= 4 is 11.9 Å². The number of carbonyl (C=O) groups excluding carboxylic acids is 2. The van der Waals surface area contributed by atoms with Crippen LogP contribution in [0.1, 0.15) is 239 Å². The van der Waals surface area contributed by atoms with E-state index in [-0.39, 0.29) is 24.9 Å². The van der Waals surface area contributed by atoms with Crippen LogP contribution in [0, 0.1) is 0 Å². The maximum Gasteiger partial charge on any atom is 0.306 e. The maximum atomic E-state index is 13.0. The number of amides is 1. The first-order valence-electron chi connectivity index (χ1n) is 21.8. The largest absolute Gasteiger partial charge is 0.462 e. The van der Waals surface area contributed by atoms with Gasteiger partial charge in [0, 0.05) is 6.42 Å². The van der Waals surface area contributed by atoms with Crippen LogP contribution in [0.15, 0.2) is 0 Å². The molecule has 0 aliphatic rings. The van der Waals surface area contributed by atoms with Crippen LogP contribution in [0.5, 0.6) is 0 Å². The van der Waals surface area contributed by atoms with Crippen LogP contribution >= 0.6 is 0 Å². The van der Waals surface area contributed by atoms with Crippen LogP contribution in [0.3, 0.4) is 0 Å². The molecule has 3 atom stereocenters. The van der Waals surface area contributed by atoms with Crippen LogP contribution in [-0.4, -0.2) is 46.9 Å². The van der Waals surface area contributed by atoms with Gasteiger partial charge in [-0.1, -0.05) is 201 Å². The zero-order valence-electron chi connectivity index (χ0n) is 33.1. The molecule has 0 fully saturated rings. The summed E-state index contributed by atoms with van der Waals surface area (Å²) in [6.07, 6.45) is 37.3. The average molecular weight is 696 g/mol. The minimum absolute atomic E-state index is 0.0858. The lowest BCUT2D eigenvalue weighted by Gasteiger charge is -2.24. The van der Waals surface area contributed by atoms with E-state index in [4.69, 9.17) is 4.74 Å². The first-order chi connectivity index (χ1) is 24.0. The summed E-state index contributed by atoms with van der Waals surface area (Å²) in [5.41, 5.74) is 0. The molecule has 0 saturated carbocycles. The Balaban J connectivity index is 4.53. The summed E-state index contributed by atoms with van der Waals surface area (Å²) in [6.45, 7) is 6.44. The number of unbranched alkanes of at least 4 members (excludes halogenated alkanes) is 27. The van der Waals surface area contributed by atoms with Crippen molar-refractivity contribution in [2.45, 2.75) is 257 Å². The monoisotopic (exact) mass is 696 g/mol. The van der Waals surface area contributed by atoms with Crippen LogP contribution in [0.25, 0.3) is 0 Å². The lowest BCUT2D eigenvalue weighted by molar-refractivity contribution is -0.151. The molecule has 0 aliphatic heterocycles. The lowest BCUT2D eigenvalue weighted by atomic mass is 10.0. The van der Waals surface area contributed by atoms with Crippen LogP contribution in [0.4, 0.5) is 0 Å². The van der Waals surface area contributed by atoms with E-state index in [1.54, 1.807) is 0 Å². The van der Waals surface area contributed by atoms with Gasteiger partial charge in [-0.2, -0.15) is 0 Å². The molecule has 0 bridgehead atoms. The third-order valence-electron chi connectivity index (χ3n) is 10.2. The molecule has 0 aromatic rings. The van der Waals surface area contributed by atoms with Gasteiger partial charge in [0.2, 0.25) is 5.91 Å². The Kier molecular flexibility index (Phi) is 37.2. The fraction of sp³-hybridized carbons (Fsp3) is 0.953. The second-order valence-corrected chi connectivity index (χ2v) is 15.1. The van der Waals surface area contributed by atoms with Crippen molar-refractivity contribution in [3.63, 3.8) is 0 Å². The van der Waals surface area contributed by atoms with Crippen molar-refractivity contribution in [3.8, 4) is 0 Å². The molecular formula is C43H85NO5. The second-order valence-electron chi connectivity index (χ2n) is 15.1. The summed E-state index contributed by atoms with van der Waals surface area (Å²) in [7, 11) is 0. The fourth-order valence-electron chi connectivity index (χ4n) is 6.84. The van der Waals surface area contributed by atoms with Gasteiger partial charge in [0.25, 0.3) is 0 Å². The Labute approximate surface area is 305 Å². The number of nitrogens with one attached hydrogen (secondary N) is 1. The third-order valence-corrected chi connectivity index (χ3v) is 10.2. The minimum atomic E-state index is -0.776. The number of aliphatic hydroxyl groups is 2. The Morgan fingerprint density at radius 3 is 1.24 bits per heavy atom. The van der Waals surface area contributed by atoms with Crippen molar-refractivity contribution in [1.82, 2.24) is 5.32 Å². The van der Waals surface area contributed by atoms with E-state index in [2.05, 4.69) is 26.1 Å². The Hall–Kier alpha value is -1.14. The van der Waals surface area contributed by atoms with E-state index in [0.29, 0.717) is 19.3 Å². The highest BCUT2D eigenvalue weighted by atomic mass is 16.5. The zero-order chi connectivity index (χ0) is 36.0.